The second kappa shape index (κ2) is 5.31. The third-order valence-electron chi connectivity index (χ3n) is 2.55. The lowest BCUT2D eigenvalue weighted by molar-refractivity contribution is -0.380. The van der Waals surface area contributed by atoms with Crippen molar-refractivity contribution in [1.82, 2.24) is 0 Å². The molecule has 0 amide bonds. The van der Waals surface area contributed by atoms with Gasteiger partial charge in [-0.25, -0.2) is 8.78 Å². The number of hydrogen-bond acceptors (Lipinski definition) is 4. The molecule has 0 radical (unpaired) electrons. The summed E-state index contributed by atoms with van der Waals surface area (Å²) in [6.45, 7) is 1.67. The van der Waals surface area contributed by atoms with Gasteiger partial charge in [0.2, 0.25) is 0 Å². The summed E-state index contributed by atoms with van der Waals surface area (Å²) in [5.74, 6) is -1.05. The molecule has 100 valence electrons. The van der Waals surface area contributed by atoms with Gasteiger partial charge in [0.05, 0.1) is 10.6 Å². The van der Waals surface area contributed by atoms with E-state index in [1.165, 1.54) is 13.0 Å². The molecule has 0 spiro atoms. The molecule has 19 heavy (non-hydrogen) atoms. The number of hydrogen-bond donors (Lipinski definition) is 1. The van der Waals surface area contributed by atoms with Crippen LogP contribution in [0.2, 0.25) is 0 Å². The van der Waals surface area contributed by atoms with E-state index in [1.54, 1.807) is 5.38 Å². The SMILES string of the molecule is Cc1cc(F)c(NCc2csc([N+](=O)[O-])c2)cc1F. The zero-order valence-electron chi connectivity index (χ0n) is 9.94. The summed E-state index contributed by atoms with van der Waals surface area (Å²) >= 11 is 0.996. The van der Waals surface area contributed by atoms with Crippen LogP contribution in [0.25, 0.3) is 0 Å². The molecule has 0 saturated carbocycles. The first-order valence-electron chi connectivity index (χ1n) is 5.38. The zero-order chi connectivity index (χ0) is 14.0. The van der Waals surface area contributed by atoms with Gasteiger partial charge in [0.15, 0.2) is 0 Å². The van der Waals surface area contributed by atoms with Crippen LogP contribution in [0.3, 0.4) is 0 Å². The minimum absolute atomic E-state index is 0.0207. The Hall–Kier alpha value is -2.02. The molecule has 0 aliphatic carbocycles. The molecule has 2 rings (SSSR count). The molecule has 0 aliphatic rings. The molecule has 1 aromatic carbocycles. The Labute approximate surface area is 111 Å². The number of anilines is 1. The smallest absolute Gasteiger partial charge is 0.324 e. The van der Waals surface area contributed by atoms with Gasteiger partial charge in [-0.2, -0.15) is 0 Å². The third-order valence-corrected chi connectivity index (χ3v) is 3.48. The van der Waals surface area contributed by atoms with E-state index in [1.807, 2.05) is 0 Å². The van der Waals surface area contributed by atoms with Crippen molar-refractivity contribution >= 4 is 22.0 Å². The fraction of sp³-hybridized carbons (Fsp3) is 0.167. The van der Waals surface area contributed by atoms with Crippen molar-refractivity contribution in [2.75, 3.05) is 5.32 Å². The highest BCUT2D eigenvalue weighted by Crippen LogP contribution is 2.24. The van der Waals surface area contributed by atoms with E-state index in [-0.39, 0.29) is 22.8 Å². The lowest BCUT2D eigenvalue weighted by Crippen LogP contribution is -2.02. The number of benzene rings is 1. The first kappa shape index (κ1) is 13.4. The maximum absolute atomic E-state index is 13.5. The lowest BCUT2D eigenvalue weighted by atomic mass is 10.2. The van der Waals surface area contributed by atoms with Crippen molar-refractivity contribution in [2.24, 2.45) is 0 Å². The van der Waals surface area contributed by atoms with E-state index in [2.05, 4.69) is 5.32 Å². The summed E-state index contributed by atoms with van der Waals surface area (Å²) in [5, 5.41) is 14.9. The van der Waals surface area contributed by atoms with E-state index in [0.29, 0.717) is 5.56 Å². The number of halogens is 2. The second-order valence-electron chi connectivity index (χ2n) is 3.99. The maximum Gasteiger partial charge on any atom is 0.324 e. The summed E-state index contributed by atoms with van der Waals surface area (Å²) in [5.41, 5.74) is 0.920. The number of nitrogens with one attached hydrogen (secondary N) is 1. The number of nitro groups is 1. The van der Waals surface area contributed by atoms with Crippen molar-refractivity contribution in [3.63, 3.8) is 0 Å². The number of thiophene rings is 1. The van der Waals surface area contributed by atoms with Crippen molar-refractivity contribution < 1.29 is 13.7 Å². The fourth-order valence-electron chi connectivity index (χ4n) is 1.53. The molecule has 0 atom stereocenters. The highest BCUT2D eigenvalue weighted by molar-refractivity contribution is 7.13. The Morgan fingerprint density at radius 3 is 2.68 bits per heavy atom. The summed E-state index contributed by atoms with van der Waals surface area (Å²) in [4.78, 5) is 10.0. The summed E-state index contributed by atoms with van der Waals surface area (Å²) in [6.07, 6.45) is 0. The quantitative estimate of drug-likeness (QED) is 0.685. The molecule has 4 nitrogen and oxygen atoms in total. The lowest BCUT2D eigenvalue weighted by Gasteiger charge is -2.07. The Balaban J connectivity index is 2.09. The molecule has 1 aromatic heterocycles. The van der Waals surface area contributed by atoms with Crippen LogP contribution < -0.4 is 5.32 Å². The van der Waals surface area contributed by atoms with Gasteiger partial charge < -0.3 is 5.32 Å². The molecule has 2 aromatic rings. The van der Waals surface area contributed by atoms with Crippen molar-refractivity contribution in [3.05, 3.63) is 56.5 Å². The standard InChI is InChI=1S/C12H10F2N2O2S/c1-7-2-10(14)11(4-9(7)13)15-5-8-3-12(16(17)18)19-6-8/h2-4,6,15H,5H2,1H3. The van der Waals surface area contributed by atoms with Crippen LogP contribution in [0, 0.1) is 28.7 Å². The minimum Gasteiger partial charge on any atom is -0.378 e. The highest BCUT2D eigenvalue weighted by Gasteiger charge is 2.11. The van der Waals surface area contributed by atoms with Crippen LogP contribution in [0.1, 0.15) is 11.1 Å². The Morgan fingerprint density at radius 1 is 1.32 bits per heavy atom. The molecule has 0 unspecified atom stereocenters. The summed E-state index contributed by atoms with van der Waals surface area (Å²) in [6, 6.07) is 3.58. The Bertz CT molecular complexity index is 628. The number of aryl methyl sites for hydroxylation is 1. The van der Waals surface area contributed by atoms with Gasteiger partial charge in [-0.15, -0.1) is 0 Å². The van der Waals surface area contributed by atoms with Gasteiger partial charge in [-0.1, -0.05) is 11.3 Å². The van der Waals surface area contributed by atoms with Gasteiger partial charge in [-0.05, 0) is 24.1 Å². The van der Waals surface area contributed by atoms with E-state index in [9.17, 15) is 18.9 Å². The van der Waals surface area contributed by atoms with Gasteiger partial charge in [0.25, 0.3) is 0 Å². The normalized spacial score (nSPS) is 10.5. The first-order chi connectivity index (χ1) is 8.97. The van der Waals surface area contributed by atoms with Crippen LogP contribution in [-0.2, 0) is 6.54 Å². The molecule has 0 saturated heterocycles. The average Bonchev–Trinajstić information content (AvgIpc) is 2.81. The van der Waals surface area contributed by atoms with E-state index < -0.39 is 16.6 Å². The summed E-state index contributed by atoms with van der Waals surface area (Å²) < 4.78 is 26.8. The van der Waals surface area contributed by atoms with Crippen LogP contribution in [-0.4, -0.2) is 4.92 Å². The maximum atomic E-state index is 13.5. The fourth-order valence-corrected chi connectivity index (χ4v) is 2.26. The van der Waals surface area contributed by atoms with E-state index >= 15 is 0 Å². The minimum atomic E-state index is -0.552. The van der Waals surface area contributed by atoms with Crippen LogP contribution in [0.4, 0.5) is 19.5 Å². The van der Waals surface area contributed by atoms with Gasteiger partial charge in [0.1, 0.15) is 11.6 Å². The Kier molecular flexibility index (Phi) is 3.75. The van der Waals surface area contributed by atoms with Crippen molar-refractivity contribution in [1.29, 1.82) is 0 Å². The van der Waals surface area contributed by atoms with Crippen LogP contribution in [0.5, 0.6) is 0 Å². The van der Waals surface area contributed by atoms with Crippen molar-refractivity contribution in [3.8, 4) is 0 Å². The predicted octanol–water partition coefficient (Wildman–Crippen LogP) is 3.86. The molecule has 1 N–H and O–H groups in total. The summed E-state index contributed by atoms with van der Waals surface area (Å²) in [7, 11) is 0. The molecule has 7 heteroatoms. The number of nitrogens with zero attached hydrogens (tertiary/aromatic N) is 1. The monoisotopic (exact) mass is 284 g/mol. The largest absolute Gasteiger partial charge is 0.378 e. The first-order valence-corrected chi connectivity index (χ1v) is 6.26. The van der Waals surface area contributed by atoms with E-state index in [0.717, 1.165) is 23.5 Å². The topological polar surface area (TPSA) is 55.2 Å². The van der Waals surface area contributed by atoms with Gasteiger partial charge in [0, 0.05) is 24.1 Å². The second-order valence-corrected chi connectivity index (χ2v) is 4.87. The van der Waals surface area contributed by atoms with Gasteiger partial charge in [-0.3, -0.25) is 10.1 Å². The third kappa shape index (κ3) is 3.05. The molecule has 0 aliphatic heterocycles. The molecular weight excluding hydrogens is 274 g/mol. The van der Waals surface area contributed by atoms with Crippen LogP contribution >= 0.6 is 11.3 Å². The molecule has 0 bridgehead atoms. The van der Waals surface area contributed by atoms with E-state index in [4.69, 9.17) is 0 Å². The zero-order valence-corrected chi connectivity index (χ0v) is 10.8. The highest BCUT2D eigenvalue weighted by atomic mass is 32.1. The molecule has 0 fully saturated rings. The molecule has 1 heterocycles. The molecular formula is C12H10F2N2O2S. The Morgan fingerprint density at radius 2 is 2.05 bits per heavy atom. The van der Waals surface area contributed by atoms with Gasteiger partial charge >= 0.3 is 5.00 Å². The van der Waals surface area contributed by atoms with Crippen LogP contribution in [0.15, 0.2) is 23.6 Å². The number of rotatable bonds is 4. The predicted molar refractivity (Wildman–Crippen MR) is 69.4 cm³/mol. The average molecular weight is 284 g/mol. The van der Waals surface area contributed by atoms with Crippen molar-refractivity contribution in [2.45, 2.75) is 13.5 Å².